The second-order valence-corrected chi connectivity index (χ2v) is 8.49. The van der Waals surface area contributed by atoms with Crippen molar-refractivity contribution in [2.24, 2.45) is 5.92 Å². The number of piperidine rings is 1. The lowest BCUT2D eigenvalue weighted by Gasteiger charge is -2.35. The van der Waals surface area contributed by atoms with E-state index in [9.17, 15) is 14.3 Å². The van der Waals surface area contributed by atoms with E-state index in [0.29, 0.717) is 30.3 Å². The normalized spacial score (nSPS) is 16.9. The quantitative estimate of drug-likeness (QED) is 0.547. The standard InChI is InChI=1S/C25H34FN3O3/c1-3-23(28-25(31)27-21-5-4-6-22(16-21)32-2)24(30)17-29-13-11-19(12-14-29)15-18-7-9-20(26)10-8-18/h4-10,16,19,23-24,30H,3,11-15,17H2,1-2H3,(H2,27,28,31)/t23-,24-/m0/s1. The average molecular weight is 444 g/mol. The molecule has 2 amide bonds. The Morgan fingerprint density at radius 2 is 1.94 bits per heavy atom. The van der Waals surface area contributed by atoms with E-state index in [1.54, 1.807) is 25.3 Å². The van der Waals surface area contributed by atoms with Gasteiger partial charge < -0.3 is 25.4 Å². The SMILES string of the molecule is CC[C@H](NC(=O)Nc1cccc(OC)c1)[C@@H](O)CN1CCC(Cc2ccc(F)cc2)CC1. The molecule has 1 aliphatic heterocycles. The summed E-state index contributed by atoms with van der Waals surface area (Å²) in [5.74, 6) is 1.04. The molecule has 1 fully saturated rings. The predicted octanol–water partition coefficient (Wildman–Crippen LogP) is 4.05. The van der Waals surface area contributed by atoms with Gasteiger partial charge in [-0.2, -0.15) is 0 Å². The van der Waals surface area contributed by atoms with Crippen LogP contribution in [0.1, 0.15) is 31.7 Å². The molecule has 0 aromatic heterocycles. The van der Waals surface area contributed by atoms with Crippen molar-refractivity contribution in [3.05, 3.63) is 59.9 Å². The number of aliphatic hydroxyl groups is 1. The summed E-state index contributed by atoms with van der Waals surface area (Å²) < 4.78 is 18.3. The number of anilines is 1. The summed E-state index contributed by atoms with van der Waals surface area (Å²) >= 11 is 0. The first kappa shape index (κ1) is 24.0. The van der Waals surface area contributed by atoms with Gasteiger partial charge in [-0.05, 0) is 74.5 Å². The van der Waals surface area contributed by atoms with Crippen molar-refractivity contribution in [2.45, 2.75) is 44.8 Å². The first-order valence-electron chi connectivity index (χ1n) is 11.3. The van der Waals surface area contributed by atoms with Crippen LogP contribution in [0.4, 0.5) is 14.9 Å². The van der Waals surface area contributed by atoms with Crippen molar-refractivity contribution in [1.82, 2.24) is 10.2 Å². The number of hydrogen-bond acceptors (Lipinski definition) is 4. The minimum absolute atomic E-state index is 0.200. The minimum atomic E-state index is -0.648. The van der Waals surface area contributed by atoms with E-state index in [4.69, 9.17) is 4.74 Å². The topological polar surface area (TPSA) is 73.8 Å². The fraction of sp³-hybridized carbons (Fsp3) is 0.480. The van der Waals surface area contributed by atoms with Crippen LogP contribution >= 0.6 is 0 Å². The molecule has 1 heterocycles. The van der Waals surface area contributed by atoms with Gasteiger partial charge in [0.25, 0.3) is 0 Å². The molecule has 32 heavy (non-hydrogen) atoms. The van der Waals surface area contributed by atoms with Gasteiger partial charge >= 0.3 is 6.03 Å². The zero-order valence-electron chi connectivity index (χ0n) is 18.9. The molecule has 0 unspecified atom stereocenters. The molecular formula is C25H34FN3O3. The summed E-state index contributed by atoms with van der Waals surface area (Å²) in [5.41, 5.74) is 1.80. The van der Waals surface area contributed by atoms with E-state index in [1.165, 1.54) is 17.7 Å². The number of likely N-dealkylation sites (tertiary alicyclic amines) is 1. The van der Waals surface area contributed by atoms with Gasteiger partial charge in [-0.15, -0.1) is 0 Å². The number of aliphatic hydroxyl groups excluding tert-OH is 1. The number of ether oxygens (including phenoxy) is 1. The number of carbonyl (C=O) groups is 1. The predicted molar refractivity (Wildman–Crippen MR) is 125 cm³/mol. The summed E-state index contributed by atoms with van der Waals surface area (Å²) in [7, 11) is 1.58. The molecular weight excluding hydrogens is 409 g/mol. The van der Waals surface area contributed by atoms with Crippen molar-refractivity contribution >= 4 is 11.7 Å². The molecule has 7 heteroatoms. The molecule has 0 bridgehead atoms. The first-order chi connectivity index (χ1) is 15.5. The molecule has 174 valence electrons. The van der Waals surface area contributed by atoms with E-state index in [2.05, 4.69) is 15.5 Å². The van der Waals surface area contributed by atoms with Crippen LogP contribution in [0.25, 0.3) is 0 Å². The summed E-state index contributed by atoms with van der Waals surface area (Å²) in [5, 5.41) is 16.4. The lowest BCUT2D eigenvalue weighted by molar-refractivity contribution is 0.0649. The number of hydrogen-bond donors (Lipinski definition) is 3. The van der Waals surface area contributed by atoms with Gasteiger partial charge in [-0.25, -0.2) is 9.18 Å². The highest BCUT2D eigenvalue weighted by molar-refractivity contribution is 5.89. The van der Waals surface area contributed by atoms with E-state index in [0.717, 1.165) is 32.4 Å². The van der Waals surface area contributed by atoms with Crippen LogP contribution in [0, 0.1) is 11.7 Å². The van der Waals surface area contributed by atoms with Crippen molar-refractivity contribution in [2.75, 3.05) is 32.1 Å². The third-order valence-corrected chi connectivity index (χ3v) is 6.14. The third kappa shape index (κ3) is 7.21. The Balaban J connectivity index is 1.43. The second kappa shape index (κ2) is 11.8. The number of β-amino-alcohol motifs (C(OH)–C–C–N with tert-alkyl or cyclic N) is 1. The fourth-order valence-corrected chi connectivity index (χ4v) is 4.23. The molecule has 0 spiro atoms. The molecule has 6 nitrogen and oxygen atoms in total. The minimum Gasteiger partial charge on any atom is -0.497 e. The number of nitrogens with one attached hydrogen (secondary N) is 2. The molecule has 2 aromatic carbocycles. The monoisotopic (exact) mass is 443 g/mol. The first-order valence-corrected chi connectivity index (χ1v) is 11.3. The van der Waals surface area contributed by atoms with Crippen molar-refractivity contribution in [3.8, 4) is 5.75 Å². The van der Waals surface area contributed by atoms with Crippen molar-refractivity contribution in [1.29, 1.82) is 0 Å². The van der Waals surface area contributed by atoms with Gasteiger partial charge in [0.15, 0.2) is 0 Å². The number of urea groups is 1. The van der Waals surface area contributed by atoms with Crippen LogP contribution in [0.5, 0.6) is 5.75 Å². The Bertz CT molecular complexity index is 854. The molecule has 3 N–H and O–H groups in total. The maximum absolute atomic E-state index is 13.1. The second-order valence-electron chi connectivity index (χ2n) is 8.49. The van der Waals surface area contributed by atoms with E-state index >= 15 is 0 Å². The lowest BCUT2D eigenvalue weighted by Crippen LogP contribution is -2.50. The number of benzene rings is 2. The van der Waals surface area contributed by atoms with Crippen LogP contribution in [0.2, 0.25) is 0 Å². The summed E-state index contributed by atoms with van der Waals surface area (Å²) in [6.45, 7) is 4.31. The number of methoxy groups -OCH3 is 1. The lowest BCUT2D eigenvalue weighted by atomic mass is 9.90. The van der Waals surface area contributed by atoms with Crippen LogP contribution < -0.4 is 15.4 Å². The van der Waals surface area contributed by atoms with Crippen LogP contribution in [0.3, 0.4) is 0 Å². The molecule has 0 saturated carbocycles. The molecule has 1 saturated heterocycles. The molecule has 2 aromatic rings. The Morgan fingerprint density at radius 1 is 1.22 bits per heavy atom. The van der Waals surface area contributed by atoms with Gasteiger partial charge in [-0.3, -0.25) is 0 Å². The number of nitrogens with zero attached hydrogens (tertiary/aromatic N) is 1. The van der Waals surface area contributed by atoms with Gasteiger partial charge in [0, 0.05) is 18.3 Å². The van der Waals surface area contributed by atoms with E-state index in [1.807, 2.05) is 25.1 Å². The number of carbonyl (C=O) groups excluding carboxylic acids is 1. The van der Waals surface area contributed by atoms with Crippen molar-refractivity contribution < 1.29 is 19.0 Å². The van der Waals surface area contributed by atoms with Gasteiger partial charge in [0.1, 0.15) is 11.6 Å². The Kier molecular flexibility index (Phi) is 8.88. The smallest absolute Gasteiger partial charge is 0.319 e. The van der Waals surface area contributed by atoms with Gasteiger partial charge in [0.2, 0.25) is 0 Å². The number of amides is 2. The highest BCUT2D eigenvalue weighted by Crippen LogP contribution is 2.22. The number of halogens is 1. The number of rotatable bonds is 9. The van der Waals surface area contributed by atoms with Crippen LogP contribution in [-0.2, 0) is 6.42 Å². The van der Waals surface area contributed by atoms with Crippen LogP contribution in [-0.4, -0.2) is 54.9 Å². The van der Waals surface area contributed by atoms with E-state index in [-0.39, 0.29) is 17.9 Å². The average Bonchev–Trinajstić information content (AvgIpc) is 2.80. The molecule has 3 rings (SSSR count). The maximum Gasteiger partial charge on any atom is 0.319 e. The Hall–Kier alpha value is -2.64. The summed E-state index contributed by atoms with van der Waals surface area (Å²) in [6.07, 6.45) is 3.04. The highest BCUT2D eigenvalue weighted by atomic mass is 19.1. The van der Waals surface area contributed by atoms with Gasteiger partial charge in [-0.1, -0.05) is 25.1 Å². The Morgan fingerprint density at radius 3 is 2.59 bits per heavy atom. The summed E-state index contributed by atoms with van der Waals surface area (Å²) in [4.78, 5) is 14.7. The largest absolute Gasteiger partial charge is 0.497 e. The van der Waals surface area contributed by atoms with Gasteiger partial charge in [0.05, 0.1) is 19.3 Å². The Labute approximate surface area is 189 Å². The zero-order valence-corrected chi connectivity index (χ0v) is 18.9. The highest BCUT2D eigenvalue weighted by Gasteiger charge is 2.25. The molecule has 2 atom stereocenters. The van der Waals surface area contributed by atoms with Crippen LogP contribution in [0.15, 0.2) is 48.5 Å². The zero-order chi connectivity index (χ0) is 22.9. The third-order valence-electron chi connectivity index (χ3n) is 6.14. The maximum atomic E-state index is 13.1. The molecule has 1 aliphatic rings. The molecule has 0 aliphatic carbocycles. The fourth-order valence-electron chi connectivity index (χ4n) is 4.23. The molecule has 0 radical (unpaired) electrons. The van der Waals surface area contributed by atoms with E-state index < -0.39 is 6.10 Å². The summed E-state index contributed by atoms with van der Waals surface area (Å²) in [6, 6.07) is 13.2. The van der Waals surface area contributed by atoms with Crippen molar-refractivity contribution in [3.63, 3.8) is 0 Å².